The Bertz CT molecular complexity index is 949. The third kappa shape index (κ3) is 5.06. The van der Waals surface area contributed by atoms with Gasteiger partial charge in [0.2, 0.25) is 10.0 Å². The van der Waals surface area contributed by atoms with Gasteiger partial charge in [0, 0.05) is 18.7 Å². The van der Waals surface area contributed by atoms with Gasteiger partial charge >= 0.3 is 0 Å². The van der Waals surface area contributed by atoms with E-state index in [2.05, 4.69) is 19.2 Å². The number of hydrogen-bond acceptors (Lipinski definition) is 3. The summed E-state index contributed by atoms with van der Waals surface area (Å²) < 4.78 is 27.3. The number of sulfonamides is 1. The highest BCUT2D eigenvalue weighted by Gasteiger charge is 2.28. The molecule has 0 bridgehead atoms. The van der Waals surface area contributed by atoms with E-state index in [1.54, 1.807) is 12.1 Å². The molecule has 3 rings (SSSR count). The van der Waals surface area contributed by atoms with Crippen LogP contribution < -0.4 is 5.32 Å². The van der Waals surface area contributed by atoms with Crippen LogP contribution >= 0.6 is 0 Å². The van der Waals surface area contributed by atoms with Crippen molar-refractivity contribution in [1.29, 1.82) is 0 Å². The Morgan fingerprint density at radius 1 is 1.07 bits per heavy atom. The van der Waals surface area contributed by atoms with Crippen LogP contribution in [0.25, 0.3) is 0 Å². The van der Waals surface area contributed by atoms with Gasteiger partial charge in [-0.15, -0.1) is 0 Å². The molecule has 29 heavy (non-hydrogen) atoms. The summed E-state index contributed by atoms with van der Waals surface area (Å²) in [5.41, 5.74) is 2.22. The lowest BCUT2D eigenvalue weighted by Gasteiger charge is -2.22. The zero-order chi connectivity index (χ0) is 21.0. The van der Waals surface area contributed by atoms with Gasteiger partial charge in [-0.05, 0) is 55.4 Å². The molecule has 1 aliphatic rings. The van der Waals surface area contributed by atoms with E-state index in [1.165, 1.54) is 10.4 Å². The van der Waals surface area contributed by atoms with Gasteiger partial charge < -0.3 is 5.32 Å². The number of rotatable bonds is 7. The maximum absolute atomic E-state index is 13.1. The van der Waals surface area contributed by atoms with Gasteiger partial charge in [0.05, 0.1) is 10.9 Å². The first-order valence-electron chi connectivity index (χ1n) is 10.3. The van der Waals surface area contributed by atoms with Gasteiger partial charge in [-0.3, -0.25) is 4.79 Å². The first-order valence-corrected chi connectivity index (χ1v) is 11.7. The van der Waals surface area contributed by atoms with Crippen LogP contribution in [-0.2, 0) is 10.0 Å². The normalized spacial score (nSPS) is 16.1. The molecule has 2 aromatic carbocycles. The van der Waals surface area contributed by atoms with E-state index in [-0.39, 0.29) is 16.8 Å². The van der Waals surface area contributed by atoms with Crippen LogP contribution in [-0.4, -0.2) is 31.7 Å². The highest BCUT2D eigenvalue weighted by Crippen LogP contribution is 2.25. The van der Waals surface area contributed by atoms with Crippen LogP contribution in [0.2, 0.25) is 0 Å². The molecule has 1 heterocycles. The smallest absolute Gasteiger partial charge is 0.252 e. The summed E-state index contributed by atoms with van der Waals surface area (Å²) in [6.45, 7) is 7.17. The Morgan fingerprint density at radius 2 is 1.72 bits per heavy atom. The summed E-state index contributed by atoms with van der Waals surface area (Å²) in [7, 11) is -3.56. The predicted octanol–water partition coefficient (Wildman–Crippen LogP) is 4.30. The van der Waals surface area contributed by atoms with E-state index in [9.17, 15) is 13.2 Å². The number of hydrogen-bond donors (Lipinski definition) is 1. The van der Waals surface area contributed by atoms with Gasteiger partial charge in [-0.2, -0.15) is 4.31 Å². The number of amides is 1. The monoisotopic (exact) mass is 414 g/mol. The Morgan fingerprint density at radius 3 is 2.34 bits per heavy atom. The molecule has 1 fully saturated rings. The zero-order valence-electron chi connectivity index (χ0n) is 17.4. The largest absolute Gasteiger partial charge is 0.345 e. The van der Waals surface area contributed by atoms with Crippen LogP contribution in [0.4, 0.5) is 0 Å². The third-order valence-electron chi connectivity index (χ3n) is 5.37. The second-order valence-electron chi connectivity index (χ2n) is 8.15. The third-order valence-corrected chi connectivity index (χ3v) is 7.27. The summed E-state index contributed by atoms with van der Waals surface area (Å²) in [6.07, 6.45) is 2.57. The summed E-state index contributed by atoms with van der Waals surface area (Å²) in [4.78, 5) is 13.3. The van der Waals surface area contributed by atoms with Crippen LogP contribution in [0, 0.1) is 12.8 Å². The molecule has 0 spiro atoms. The first-order chi connectivity index (χ1) is 13.8. The number of carbonyl (C=O) groups excluding carboxylic acids is 1. The fourth-order valence-corrected chi connectivity index (χ4v) is 5.30. The lowest BCUT2D eigenvalue weighted by atomic mass is 9.96. The number of carbonyl (C=O) groups is 1. The lowest BCUT2D eigenvalue weighted by Crippen LogP contribution is -2.31. The van der Waals surface area contributed by atoms with E-state index in [0.29, 0.717) is 24.6 Å². The molecule has 1 aliphatic heterocycles. The molecule has 1 N–H and O–H groups in total. The number of benzene rings is 2. The van der Waals surface area contributed by atoms with Gasteiger partial charge in [0.15, 0.2) is 0 Å². The zero-order valence-corrected chi connectivity index (χ0v) is 18.2. The molecule has 0 aliphatic carbocycles. The Hall–Kier alpha value is -2.18. The van der Waals surface area contributed by atoms with Crippen LogP contribution in [0.1, 0.15) is 60.6 Å². The van der Waals surface area contributed by atoms with Crippen LogP contribution in [0.15, 0.2) is 53.4 Å². The van der Waals surface area contributed by atoms with Gasteiger partial charge in [-0.1, -0.05) is 50.2 Å². The maximum atomic E-state index is 13.1. The average molecular weight is 415 g/mol. The molecule has 5 nitrogen and oxygen atoms in total. The van der Waals surface area contributed by atoms with E-state index >= 15 is 0 Å². The quantitative estimate of drug-likeness (QED) is 0.735. The summed E-state index contributed by atoms with van der Waals surface area (Å²) in [6, 6.07) is 14.6. The second kappa shape index (κ2) is 9.09. The second-order valence-corrected chi connectivity index (χ2v) is 10.1. The van der Waals surface area contributed by atoms with Gasteiger partial charge in [0.25, 0.3) is 5.91 Å². The predicted molar refractivity (Wildman–Crippen MR) is 115 cm³/mol. The van der Waals surface area contributed by atoms with Crippen molar-refractivity contribution >= 4 is 15.9 Å². The number of aryl methyl sites for hydroxylation is 1. The maximum Gasteiger partial charge on any atom is 0.252 e. The molecule has 1 saturated heterocycles. The highest BCUT2D eigenvalue weighted by atomic mass is 32.2. The molecular weight excluding hydrogens is 384 g/mol. The van der Waals surface area contributed by atoms with E-state index < -0.39 is 10.0 Å². The minimum atomic E-state index is -3.56. The molecule has 1 atom stereocenters. The highest BCUT2D eigenvalue weighted by molar-refractivity contribution is 7.89. The minimum absolute atomic E-state index is 0.123. The Labute approximate surface area is 174 Å². The van der Waals surface area contributed by atoms with Crippen molar-refractivity contribution in [1.82, 2.24) is 9.62 Å². The van der Waals surface area contributed by atoms with E-state index in [1.807, 2.05) is 37.3 Å². The summed E-state index contributed by atoms with van der Waals surface area (Å²) in [5, 5.41) is 3.12. The van der Waals surface area contributed by atoms with E-state index in [4.69, 9.17) is 0 Å². The fourth-order valence-electron chi connectivity index (χ4n) is 3.75. The molecule has 2 aromatic rings. The topological polar surface area (TPSA) is 66.5 Å². The first kappa shape index (κ1) is 21.5. The fraction of sp³-hybridized carbons (Fsp3) is 0.435. The Kier molecular flexibility index (Phi) is 6.75. The van der Waals surface area contributed by atoms with Crippen molar-refractivity contribution in [2.75, 3.05) is 13.1 Å². The molecular formula is C23H30N2O3S. The number of nitrogens with zero attached hydrogens (tertiary/aromatic N) is 1. The average Bonchev–Trinajstić information content (AvgIpc) is 3.23. The van der Waals surface area contributed by atoms with E-state index in [0.717, 1.165) is 30.4 Å². The minimum Gasteiger partial charge on any atom is -0.345 e. The summed E-state index contributed by atoms with van der Waals surface area (Å²) in [5.74, 6) is 0.166. The Balaban J connectivity index is 1.88. The molecule has 0 saturated carbocycles. The SMILES string of the molecule is Cc1ccc(S(=O)(=O)N2CCCC2)cc1C(=O)N[C@@H](CC(C)C)c1ccccc1. The van der Waals surface area contributed by atoms with Gasteiger partial charge in [0.1, 0.15) is 0 Å². The van der Waals surface area contributed by atoms with Crippen LogP contribution in [0.3, 0.4) is 0 Å². The van der Waals surface area contributed by atoms with Crippen molar-refractivity contribution in [3.05, 3.63) is 65.2 Å². The van der Waals surface area contributed by atoms with Gasteiger partial charge in [-0.25, -0.2) is 8.42 Å². The molecule has 156 valence electrons. The summed E-state index contributed by atoms with van der Waals surface area (Å²) >= 11 is 0. The standard InChI is InChI=1S/C23H30N2O3S/c1-17(2)15-22(19-9-5-4-6-10-19)24-23(26)21-16-20(12-11-18(21)3)29(27,28)25-13-7-8-14-25/h4-6,9-12,16-17,22H,7-8,13-15H2,1-3H3,(H,24,26)/t22-/m0/s1. The molecule has 0 aromatic heterocycles. The molecule has 0 unspecified atom stereocenters. The number of nitrogens with one attached hydrogen (secondary N) is 1. The van der Waals surface area contributed by atoms with Crippen molar-refractivity contribution in [3.63, 3.8) is 0 Å². The molecule has 0 radical (unpaired) electrons. The van der Waals surface area contributed by atoms with Crippen molar-refractivity contribution in [2.24, 2.45) is 5.92 Å². The van der Waals surface area contributed by atoms with Crippen molar-refractivity contribution in [2.45, 2.75) is 51.0 Å². The van der Waals surface area contributed by atoms with Crippen molar-refractivity contribution in [3.8, 4) is 0 Å². The lowest BCUT2D eigenvalue weighted by molar-refractivity contribution is 0.0931. The van der Waals surface area contributed by atoms with Crippen molar-refractivity contribution < 1.29 is 13.2 Å². The van der Waals surface area contributed by atoms with Crippen LogP contribution in [0.5, 0.6) is 0 Å². The molecule has 6 heteroatoms. The molecule has 1 amide bonds.